The lowest BCUT2D eigenvalue weighted by Crippen LogP contribution is -2.29. The Balaban J connectivity index is 1.56. The number of aryl methyl sites for hydroxylation is 1. The van der Waals surface area contributed by atoms with Crippen molar-refractivity contribution in [2.75, 3.05) is 25.0 Å². The first kappa shape index (κ1) is 15.9. The van der Waals surface area contributed by atoms with E-state index in [2.05, 4.69) is 29.7 Å². The van der Waals surface area contributed by atoms with Gasteiger partial charge in [0.25, 0.3) is 0 Å². The molecule has 0 aliphatic rings. The highest BCUT2D eigenvalue weighted by molar-refractivity contribution is 5.67. The van der Waals surface area contributed by atoms with Crippen LogP contribution in [-0.4, -0.2) is 25.8 Å². The highest BCUT2D eigenvalue weighted by Gasteiger charge is 2.01. The van der Waals surface area contributed by atoms with Gasteiger partial charge >= 0.3 is 6.09 Å². The molecule has 0 bridgehead atoms. The number of anilines is 1. The Labute approximate surface area is 131 Å². The van der Waals surface area contributed by atoms with Crippen LogP contribution in [0, 0.1) is 6.92 Å². The van der Waals surface area contributed by atoms with Crippen molar-refractivity contribution < 1.29 is 9.53 Å². The number of carbonyl (C=O) groups is 1. The molecule has 116 valence electrons. The van der Waals surface area contributed by atoms with Crippen LogP contribution < -0.4 is 10.6 Å². The van der Waals surface area contributed by atoms with Crippen LogP contribution in [0.5, 0.6) is 0 Å². The lowest BCUT2D eigenvalue weighted by atomic mass is 10.1. The summed E-state index contributed by atoms with van der Waals surface area (Å²) in [4.78, 5) is 11.6. The van der Waals surface area contributed by atoms with E-state index in [1.807, 2.05) is 42.5 Å². The van der Waals surface area contributed by atoms with E-state index in [0.717, 1.165) is 12.1 Å². The summed E-state index contributed by atoms with van der Waals surface area (Å²) in [5.41, 5.74) is 3.43. The number of ether oxygens (including phenoxy) is 1. The van der Waals surface area contributed by atoms with Gasteiger partial charge in [-0.05, 0) is 24.6 Å². The van der Waals surface area contributed by atoms with Crippen LogP contribution in [0.1, 0.15) is 11.1 Å². The number of amides is 1. The Morgan fingerprint density at radius 2 is 1.86 bits per heavy atom. The molecule has 2 N–H and O–H groups in total. The van der Waals surface area contributed by atoms with Crippen LogP contribution in [0.3, 0.4) is 0 Å². The molecule has 2 aromatic carbocycles. The monoisotopic (exact) mass is 298 g/mol. The molecule has 0 aromatic heterocycles. The van der Waals surface area contributed by atoms with Gasteiger partial charge in [-0.1, -0.05) is 48.0 Å². The standard InChI is InChI=1S/C18H22N2O2/c1-15-6-5-7-16(14-15)10-13-22-18(21)20-12-11-19-17-8-3-2-4-9-17/h2-9,14,19H,10-13H2,1H3,(H,20,21). The normalized spacial score (nSPS) is 10.0. The van der Waals surface area contributed by atoms with Gasteiger partial charge in [0.05, 0.1) is 6.61 Å². The number of rotatable bonds is 7. The summed E-state index contributed by atoms with van der Waals surface area (Å²) in [7, 11) is 0. The molecule has 2 rings (SSSR count). The zero-order chi connectivity index (χ0) is 15.6. The van der Waals surface area contributed by atoms with Crippen LogP contribution in [0.15, 0.2) is 54.6 Å². The quantitative estimate of drug-likeness (QED) is 0.771. The van der Waals surface area contributed by atoms with E-state index >= 15 is 0 Å². The van der Waals surface area contributed by atoms with Crippen molar-refractivity contribution in [3.8, 4) is 0 Å². The van der Waals surface area contributed by atoms with Crippen molar-refractivity contribution in [2.45, 2.75) is 13.3 Å². The smallest absolute Gasteiger partial charge is 0.407 e. The van der Waals surface area contributed by atoms with Gasteiger partial charge in [0, 0.05) is 25.2 Å². The lowest BCUT2D eigenvalue weighted by Gasteiger charge is -2.09. The molecule has 0 aliphatic heterocycles. The average molecular weight is 298 g/mol. The predicted molar refractivity (Wildman–Crippen MR) is 89.2 cm³/mol. The number of nitrogens with one attached hydrogen (secondary N) is 2. The van der Waals surface area contributed by atoms with Gasteiger partial charge in [-0.25, -0.2) is 4.79 Å². The van der Waals surface area contributed by atoms with Gasteiger partial charge in [-0.3, -0.25) is 0 Å². The second-order valence-corrected chi connectivity index (χ2v) is 5.09. The number of benzene rings is 2. The summed E-state index contributed by atoms with van der Waals surface area (Å²) in [5, 5.41) is 5.94. The number of hydrogen-bond acceptors (Lipinski definition) is 3. The molecule has 0 spiro atoms. The summed E-state index contributed by atoms with van der Waals surface area (Å²) in [5.74, 6) is 0. The third-order valence-electron chi connectivity index (χ3n) is 3.20. The summed E-state index contributed by atoms with van der Waals surface area (Å²) in [6, 6.07) is 18.1. The second-order valence-electron chi connectivity index (χ2n) is 5.09. The van der Waals surface area contributed by atoms with Gasteiger partial charge in [0.1, 0.15) is 0 Å². The van der Waals surface area contributed by atoms with E-state index < -0.39 is 0 Å². The number of alkyl carbamates (subject to hydrolysis) is 1. The van der Waals surface area contributed by atoms with Crippen molar-refractivity contribution in [2.24, 2.45) is 0 Å². The fourth-order valence-corrected chi connectivity index (χ4v) is 2.11. The molecule has 4 nitrogen and oxygen atoms in total. The predicted octanol–water partition coefficient (Wildman–Crippen LogP) is 3.38. The molecule has 0 aliphatic carbocycles. The van der Waals surface area contributed by atoms with E-state index in [1.165, 1.54) is 11.1 Å². The maximum atomic E-state index is 11.6. The molecule has 22 heavy (non-hydrogen) atoms. The van der Waals surface area contributed by atoms with Gasteiger partial charge < -0.3 is 15.4 Å². The lowest BCUT2D eigenvalue weighted by molar-refractivity contribution is 0.148. The Hall–Kier alpha value is -2.49. The molecular formula is C18H22N2O2. The first-order valence-electron chi connectivity index (χ1n) is 7.49. The average Bonchev–Trinajstić information content (AvgIpc) is 2.53. The molecule has 0 saturated heterocycles. The molecule has 0 saturated carbocycles. The maximum absolute atomic E-state index is 11.6. The van der Waals surface area contributed by atoms with E-state index in [-0.39, 0.29) is 6.09 Å². The molecule has 0 radical (unpaired) electrons. The van der Waals surface area contributed by atoms with Crippen LogP contribution in [-0.2, 0) is 11.2 Å². The molecule has 0 heterocycles. The fourth-order valence-electron chi connectivity index (χ4n) is 2.11. The summed E-state index contributed by atoms with van der Waals surface area (Å²) >= 11 is 0. The van der Waals surface area contributed by atoms with Gasteiger partial charge in [-0.2, -0.15) is 0 Å². The Morgan fingerprint density at radius 3 is 2.64 bits per heavy atom. The highest BCUT2D eigenvalue weighted by Crippen LogP contribution is 2.05. The van der Waals surface area contributed by atoms with Crippen LogP contribution in [0.2, 0.25) is 0 Å². The highest BCUT2D eigenvalue weighted by atomic mass is 16.5. The first-order valence-corrected chi connectivity index (χ1v) is 7.49. The minimum atomic E-state index is -0.373. The van der Waals surface area contributed by atoms with Crippen molar-refractivity contribution in [3.05, 3.63) is 65.7 Å². The third-order valence-corrected chi connectivity index (χ3v) is 3.20. The molecule has 0 atom stereocenters. The van der Waals surface area contributed by atoms with Crippen molar-refractivity contribution in [3.63, 3.8) is 0 Å². The van der Waals surface area contributed by atoms with Crippen molar-refractivity contribution in [1.29, 1.82) is 0 Å². The summed E-state index contributed by atoms with van der Waals surface area (Å²) < 4.78 is 5.16. The zero-order valence-electron chi connectivity index (χ0n) is 12.8. The molecule has 4 heteroatoms. The van der Waals surface area contributed by atoms with E-state index in [4.69, 9.17) is 4.74 Å². The molecule has 0 unspecified atom stereocenters. The molecule has 1 amide bonds. The van der Waals surface area contributed by atoms with Crippen LogP contribution in [0.4, 0.5) is 10.5 Å². The van der Waals surface area contributed by atoms with Crippen molar-refractivity contribution in [1.82, 2.24) is 5.32 Å². The molecule has 0 fully saturated rings. The fraction of sp³-hybridized carbons (Fsp3) is 0.278. The van der Waals surface area contributed by atoms with Gasteiger partial charge in [-0.15, -0.1) is 0 Å². The Kier molecular flexibility index (Phi) is 6.30. The maximum Gasteiger partial charge on any atom is 0.407 e. The van der Waals surface area contributed by atoms with Crippen LogP contribution >= 0.6 is 0 Å². The zero-order valence-corrected chi connectivity index (χ0v) is 12.8. The van der Waals surface area contributed by atoms with Crippen molar-refractivity contribution >= 4 is 11.8 Å². The SMILES string of the molecule is Cc1cccc(CCOC(=O)NCCNc2ccccc2)c1. The molecule has 2 aromatic rings. The van der Waals surface area contributed by atoms with E-state index in [1.54, 1.807) is 0 Å². The Morgan fingerprint density at radius 1 is 1.05 bits per heavy atom. The number of para-hydroxylation sites is 1. The Bertz CT molecular complexity index is 585. The third kappa shape index (κ3) is 5.87. The second kappa shape index (κ2) is 8.72. The largest absolute Gasteiger partial charge is 0.449 e. The van der Waals surface area contributed by atoms with E-state index in [0.29, 0.717) is 19.7 Å². The van der Waals surface area contributed by atoms with E-state index in [9.17, 15) is 4.79 Å². The van der Waals surface area contributed by atoms with Gasteiger partial charge in [0.2, 0.25) is 0 Å². The molecular weight excluding hydrogens is 276 g/mol. The summed E-state index contributed by atoms with van der Waals surface area (Å²) in [6.07, 6.45) is 0.361. The first-order chi connectivity index (χ1) is 10.7. The number of carbonyl (C=O) groups excluding carboxylic acids is 1. The minimum absolute atomic E-state index is 0.373. The topological polar surface area (TPSA) is 50.4 Å². The van der Waals surface area contributed by atoms with Crippen LogP contribution in [0.25, 0.3) is 0 Å². The number of hydrogen-bond donors (Lipinski definition) is 2. The minimum Gasteiger partial charge on any atom is -0.449 e. The van der Waals surface area contributed by atoms with Gasteiger partial charge in [0.15, 0.2) is 0 Å². The summed E-state index contributed by atoms with van der Waals surface area (Å²) in [6.45, 7) is 3.63.